The summed E-state index contributed by atoms with van der Waals surface area (Å²) in [5.74, 6) is 1.18. The third-order valence-electron chi connectivity index (χ3n) is 1.83. The van der Waals surface area contributed by atoms with Gasteiger partial charge in [-0.15, -0.1) is 0 Å². The molecule has 0 aromatic heterocycles. The summed E-state index contributed by atoms with van der Waals surface area (Å²) >= 11 is 0. The van der Waals surface area contributed by atoms with E-state index in [9.17, 15) is 5.11 Å². The number of rotatable bonds is 5. The molecule has 0 radical (unpaired) electrons. The zero-order valence-corrected chi connectivity index (χ0v) is 8.51. The van der Waals surface area contributed by atoms with E-state index >= 15 is 0 Å². The summed E-state index contributed by atoms with van der Waals surface area (Å²) in [6.45, 7) is 0.0912. The lowest BCUT2D eigenvalue weighted by Crippen LogP contribution is -2.16. The van der Waals surface area contributed by atoms with Crippen LogP contribution in [0, 0.1) is 11.3 Å². The molecule has 4 heteroatoms. The van der Waals surface area contributed by atoms with Gasteiger partial charge in [0.25, 0.3) is 0 Å². The molecule has 0 saturated carbocycles. The van der Waals surface area contributed by atoms with Crippen LogP contribution in [0.1, 0.15) is 6.42 Å². The van der Waals surface area contributed by atoms with Crippen LogP contribution >= 0.6 is 0 Å². The second-order valence-corrected chi connectivity index (χ2v) is 2.98. The van der Waals surface area contributed by atoms with Gasteiger partial charge in [0.05, 0.1) is 19.6 Å². The van der Waals surface area contributed by atoms with Crippen molar-refractivity contribution < 1.29 is 14.6 Å². The molecule has 0 aliphatic carbocycles. The molecule has 0 heterocycles. The van der Waals surface area contributed by atoms with Crippen LogP contribution in [0.5, 0.6) is 11.5 Å². The molecule has 15 heavy (non-hydrogen) atoms. The Hall–Kier alpha value is -1.73. The molecule has 0 unspecified atom stereocenters. The van der Waals surface area contributed by atoms with Crippen LogP contribution in [-0.2, 0) is 0 Å². The van der Waals surface area contributed by atoms with Gasteiger partial charge in [-0.2, -0.15) is 5.26 Å². The number of benzene rings is 1. The molecule has 80 valence electrons. The van der Waals surface area contributed by atoms with E-state index < -0.39 is 6.10 Å². The minimum Gasteiger partial charge on any atom is -0.493 e. The van der Waals surface area contributed by atoms with E-state index in [1.807, 2.05) is 18.2 Å². The maximum absolute atomic E-state index is 9.29. The standard InChI is InChI=1S/C11H13NO3/c1-14-10-4-2-3-5-11(10)15-8-9(13)6-7-12/h2-5,9,13H,6,8H2,1H3/t9-/m0/s1. The van der Waals surface area contributed by atoms with E-state index in [1.165, 1.54) is 0 Å². The van der Waals surface area contributed by atoms with Crippen molar-refractivity contribution in [3.05, 3.63) is 24.3 Å². The zero-order valence-electron chi connectivity index (χ0n) is 8.51. The average Bonchev–Trinajstić information content (AvgIpc) is 2.27. The summed E-state index contributed by atoms with van der Waals surface area (Å²) in [5.41, 5.74) is 0. The molecule has 1 aromatic rings. The summed E-state index contributed by atoms with van der Waals surface area (Å²) in [6, 6.07) is 9.03. The van der Waals surface area contributed by atoms with E-state index in [1.54, 1.807) is 19.2 Å². The third kappa shape index (κ3) is 3.49. The molecule has 0 saturated heterocycles. The SMILES string of the molecule is COc1ccccc1OC[C@@H](O)CC#N. The molecule has 1 atom stereocenters. The Labute approximate surface area is 88.7 Å². The summed E-state index contributed by atoms with van der Waals surface area (Å²) in [4.78, 5) is 0. The van der Waals surface area contributed by atoms with Crippen LogP contribution in [-0.4, -0.2) is 24.9 Å². The van der Waals surface area contributed by atoms with Gasteiger partial charge in [0.1, 0.15) is 12.7 Å². The number of nitriles is 1. The van der Waals surface area contributed by atoms with Gasteiger partial charge >= 0.3 is 0 Å². The zero-order chi connectivity index (χ0) is 11.1. The second-order valence-electron chi connectivity index (χ2n) is 2.98. The molecule has 1 N–H and O–H groups in total. The number of hydrogen-bond donors (Lipinski definition) is 1. The van der Waals surface area contributed by atoms with E-state index in [2.05, 4.69) is 0 Å². The number of ether oxygens (including phenoxy) is 2. The van der Waals surface area contributed by atoms with Crippen molar-refractivity contribution in [3.8, 4) is 17.6 Å². The van der Waals surface area contributed by atoms with Crippen molar-refractivity contribution in [1.29, 1.82) is 5.26 Å². The number of aliphatic hydroxyl groups excluding tert-OH is 1. The number of methoxy groups -OCH3 is 1. The molecule has 0 bridgehead atoms. The maximum Gasteiger partial charge on any atom is 0.161 e. The van der Waals surface area contributed by atoms with Crippen LogP contribution in [0.3, 0.4) is 0 Å². The van der Waals surface area contributed by atoms with E-state index in [4.69, 9.17) is 14.7 Å². The van der Waals surface area contributed by atoms with Crippen LogP contribution in [0.25, 0.3) is 0 Å². The van der Waals surface area contributed by atoms with Gasteiger partial charge in [-0.05, 0) is 12.1 Å². The molecule has 0 aliphatic rings. The van der Waals surface area contributed by atoms with E-state index in [0.29, 0.717) is 11.5 Å². The predicted molar refractivity (Wildman–Crippen MR) is 54.7 cm³/mol. The van der Waals surface area contributed by atoms with Gasteiger partial charge in [0, 0.05) is 0 Å². The Morgan fingerprint density at radius 3 is 2.67 bits per heavy atom. The van der Waals surface area contributed by atoms with Gasteiger partial charge in [0.2, 0.25) is 0 Å². The number of hydrogen-bond acceptors (Lipinski definition) is 4. The number of nitrogens with zero attached hydrogens (tertiary/aromatic N) is 1. The maximum atomic E-state index is 9.29. The summed E-state index contributed by atoms with van der Waals surface area (Å²) in [7, 11) is 1.55. The number of aliphatic hydroxyl groups is 1. The Kier molecular flexibility index (Phi) is 4.45. The van der Waals surface area contributed by atoms with Crippen LogP contribution in [0.2, 0.25) is 0 Å². The first-order valence-corrected chi connectivity index (χ1v) is 4.58. The summed E-state index contributed by atoms with van der Waals surface area (Å²) in [6.07, 6.45) is -0.699. The normalized spacial score (nSPS) is 11.5. The highest BCUT2D eigenvalue weighted by molar-refractivity contribution is 5.39. The lowest BCUT2D eigenvalue weighted by Gasteiger charge is -2.12. The van der Waals surface area contributed by atoms with Crippen molar-refractivity contribution in [1.82, 2.24) is 0 Å². The van der Waals surface area contributed by atoms with Crippen molar-refractivity contribution in [2.75, 3.05) is 13.7 Å². The van der Waals surface area contributed by atoms with Gasteiger partial charge in [-0.3, -0.25) is 0 Å². The highest BCUT2D eigenvalue weighted by Gasteiger charge is 2.07. The first-order chi connectivity index (χ1) is 7.27. The Bertz CT molecular complexity index is 346. The minimum absolute atomic E-state index is 0.0646. The van der Waals surface area contributed by atoms with E-state index in [0.717, 1.165) is 0 Å². The first-order valence-electron chi connectivity index (χ1n) is 4.58. The molecule has 0 amide bonds. The van der Waals surface area contributed by atoms with Crippen LogP contribution in [0.4, 0.5) is 0 Å². The molecule has 1 aromatic carbocycles. The molecule has 0 aliphatic heterocycles. The lowest BCUT2D eigenvalue weighted by atomic mass is 10.3. The Morgan fingerprint density at radius 2 is 2.07 bits per heavy atom. The fraction of sp³-hybridized carbons (Fsp3) is 0.364. The summed E-state index contributed by atoms with van der Waals surface area (Å²) < 4.78 is 10.4. The third-order valence-corrected chi connectivity index (χ3v) is 1.83. The fourth-order valence-corrected chi connectivity index (χ4v) is 1.09. The Morgan fingerprint density at radius 1 is 1.40 bits per heavy atom. The van der Waals surface area contributed by atoms with E-state index in [-0.39, 0.29) is 13.0 Å². The van der Waals surface area contributed by atoms with Gasteiger partial charge in [0.15, 0.2) is 11.5 Å². The van der Waals surface area contributed by atoms with Crippen molar-refractivity contribution in [2.24, 2.45) is 0 Å². The van der Waals surface area contributed by atoms with Gasteiger partial charge < -0.3 is 14.6 Å². The quantitative estimate of drug-likeness (QED) is 0.791. The lowest BCUT2D eigenvalue weighted by molar-refractivity contribution is 0.109. The summed E-state index contributed by atoms with van der Waals surface area (Å²) in [5, 5.41) is 17.6. The van der Waals surface area contributed by atoms with Crippen LogP contribution < -0.4 is 9.47 Å². The monoisotopic (exact) mass is 207 g/mol. The highest BCUT2D eigenvalue weighted by Crippen LogP contribution is 2.25. The topological polar surface area (TPSA) is 62.5 Å². The molecule has 0 spiro atoms. The molecule has 1 rings (SSSR count). The molecular formula is C11H13NO3. The minimum atomic E-state index is -0.764. The van der Waals surface area contributed by atoms with Gasteiger partial charge in [-0.25, -0.2) is 0 Å². The van der Waals surface area contributed by atoms with Gasteiger partial charge in [-0.1, -0.05) is 12.1 Å². The van der Waals surface area contributed by atoms with Crippen molar-refractivity contribution >= 4 is 0 Å². The number of para-hydroxylation sites is 2. The van der Waals surface area contributed by atoms with Crippen molar-refractivity contribution in [2.45, 2.75) is 12.5 Å². The fourth-order valence-electron chi connectivity index (χ4n) is 1.09. The predicted octanol–water partition coefficient (Wildman–Crippen LogP) is 1.35. The van der Waals surface area contributed by atoms with Crippen LogP contribution in [0.15, 0.2) is 24.3 Å². The first kappa shape index (κ1) is 11.3. The highest BCUT2D eigenvalue weighted by atomic mass is 16.5. The average molecular weight is 207 g/mol. The second kappa shape index (κ2) is 5.89. The molecule has 0 fully saturated rings. The largest absolute Gasteiger partial charge is 0.493 e. The smallest absolute Gasteiger partial charge is 0.161 e. The molecule has 4 nitrogen and oxygen atoms in total. The molecular weight excluding hydrogens is 194 g/mol. The Balaban J connectivity index is 2.54. The van der Waals surface area contributed by atoms with Crippen molar-refractivity contribution in [3.63, 3.8) is 0 Å².